The number of benzene rings is 1. The molecule has 1 aromatic rings. The average molecular weight is 293 g/mol. The summed E-state index contributed by atoms with van der Waals surface area (Å²) in [6, 6.07) is 5.44. The lowest BCUT2D eigenvalue weighted by Crippen LogP contribution is -2.35. The van der Waals surface area contributed by atoms with Crippen LogP contribution in [0, 0.1) is 0 Å². The summed E-state index contributed by atoms with van der Waals surface area (Å²) < 4.78 is 0. The van der Waals surface area contributed by atoms with Gasteiger partial charge >= 0.3 is 0 Å². The van der Waals surface area contributed by atoms with Crippen molar-refractivity contribution < 1.29 is 5.11 Å². The average Bonchev–Trinajstić information content (AvgIpc) is 2.31. The normalized spacial score (nSPS) is 10.1. The lowest BCUT2D eigenvalue weighted by molar-refractivity contribution is 0.289. The van der Waals surface area contributed by atoms with Crippen LogP contribution < -0.4 is 10.6 Å². The van der Waals surface area contributed by atoms with Gasteiger partial charge in [0.2, 0.25) is 0 Å². The number of thiocarbonyl (C=S) groups is 1. The zero-order chi connectivity index (χ0) is 12.7. The molecule has 0 aliphatic carbocycles. The molecule has 3 N–H and O–H groups in total. The first-order chi connectivity index (χ1) is 8.13. The van der Waals surface area contributed by atoms with Gasteiger partial charge in [0.25, 0.3) is 0 Å². The van der Waals surface area contributed by atoms with Gasteiger partial charge in [-0.3, -0.25) is 0 Å². The summed E-state index contributed by atoms with van der Waals surface area (Å²) in [6.45, 7) is 1.40. The van der Waals surface area contributed by atoms with E-state index in [1.54, 1.807) is 12.1 Å². The van der Waals surface area contributed by atoms with Crippen LogP contribution in [0.3, 0.4) is 0 Å². The Kier molecular flexibility index (Phi) is 6.58. The number of nitrogens with one attached hydrogen (secondary N) is 2. The molecule has 6 heteroatoms. The van der Waals surface area contributed by atoms with Crippen LogP contribution in [0.25, 0.3) is 0 Å². The molecule has 0 fully saturated rings. The third kappa shape index (κ3) is 5.55. The molecule has 0 heterocycles. The SMILES string of the molecule is OCCCNC(=S)NCc1ccc(Cl)c(Cl)c1. The second-order valence-corrected chi connectivity index (χ2v) is 4.66. The Morgan fingerprint density at radius 2 is 2.00 bits per heavy atom. The number of hydrogen-bond donors (Lipinski definition) is 3. The molecular formula is C11H14Cl2N2OS. The Labute approximate surface area is 116 Å². The molecule has 0 aliphatic rings. The van der Waals surface area contributed by atoms with Crippen molar-refractivity contribution >= 4 is 40.5 Å². The summed E-state index contributed by atoms with van der Waals surface area (Å²) in [5.41, 5.74) is 1.01. The summed E-state index contributed by atoms with van der Waals surface area (Å²) in [6.07, 6.45) is 0.675. The van der Waals surface area contributed by atoms with E-state index in [4.69, 9.17) is 40.5 Å². The van der Waals surface area contributed by atoms with Gasteiger partial charge in [-0.2, -0.15) is 0 Å². The van der Waals surface area contributed by atoms with Gasteiger partial charge in [-0.15, -0.1) is 0 Å². The quantitative estimate of drug-likeness (QED) is 0.576. The first-order valence-corrected chi connectivity index (χ1v) is 6.36. The molecule has 0 radical (unpaired) electrons. The van der Waals surface area contributed by atoms with Crippen molar-refractivity contribution in [2.45, 2.75) is 13.0 Å². The maximum Gasteiger partial charge on any atom is 0.166 e. The van der Waals surface area contributed by atoms with Crippen molar-refractivity contribution in [3.8, 4) is 0 Å². The molecule has 0 atom stereocenters. The zero-order valence-electron chi connectivity index (χ0n) is 9.17. The fourth-order valence-electron chi connectivity index (χ4n) is 1.18. The summed E-state index contributed by atoms with van der Waals surface area (Å²) in [5, 5.41) is 16.3. The van der Waals surface area contributed by atoms with Crippen LogP contribution in [0.4, 0.5) is 0 Å². The monoisotopic (exact) mass is 292 g/mol. The highest BCUT2D eigenvalue weighted by molar-refractivity contribution is 7.80. The lowest BCUT2D eigenvalue weighted by Gasteiger charge is -2.10. The minimum atomic E-state index is 0.155. The summed E-state index contributed by atoms with van der Waals surface area (Å²) in [7, 11) is 0. The first kappa shape index (κ1) is 14.5. The topological polar surface area (TPSA) is 44.3 Å². The standard InChI is InChI=1S/C11H14Cl2N2OS/c12-9-3-2-8(6-10(9)13)7-15-11(17)14-4-1-5-16/h2-3,6,16H,1,4-5,7H2,(H2,14,15,17). The molecule has 0 saturated carbocycles. The molecule has 1 rings (SSSR count). The van der Waals surface area contributed by atoms with E-state index in [0.717, 1.165) is 5.56 Å². The van der Waals surface area contributed by atoms with Crippen LogP contribution >= 0.6 is 35.4 Å². The van der Waals surface area contributed by atoms with Crippen LogP contribution in [0.1, 0.15) is 12.0 Å². The van der Waals surface area contributed by atoms with Gasteiger partial charge in [0.05, 0.1) is 10.0 Å². The van der Waals surface area contributed by atoms with Gasteiger partial charge < -0.3 is 15.7 Å². The lowest BCUT2D eigenvalue weighted by atomic mass is 10.2. The molecule has 3 nitrogen and oxygen atoms in total. The van der Waals surface area contributed by atoms with E-state index < -0.39 is 0 Å². The Balaban J connectivity index is 2.34. The van der Waals surface area contributed by atoms with E-state index in [1.165, 1.54) is 0 Å². The molecule has 17 heavy (non-hydrogen) atoms. The van der Waals surface area contributed by atoms with Crippen LogP contribution in [0.5, 0.6) is 0 Å². The van der Waals surface area contributed by atoms with Crippen molar-refractivity contribution in [3.05, 3.63) is 33.8 Å². The number of aliphatic hydroxyl groups excluding tert-OH is 1. The van der Waals surface area contributed by atoms with Crippen molar-refractivity contribution in [1.82, 2.24) is 10.6 Å². The van der Waals surface area contributed by atoms with E-state index in [1.807, 2.05) is 6.07 Å². The summed E-state index contributed by atoms with van der Waals surface area (Å²) in [5.74, 6) is 0. The predicted molar refractivity (Wildman–Crippen MR) is 75.6 cm³/mol. The molecule has 1 aromatic carbocycles. The van der Waals surface area contributed by atoms with Gasteiger partial charge in [-0.1, -0.05) is 29.3 Å². The van der Waals surface area contributed by atoms with E-state index >= 15 is 0 Å². The van der Waals surface area contributed by atoms with Crippen molar-refractivity contribution in [2.24, 2.45) is 0 Å². The number of halogens is 2. The molecule has 0 unspecified atom stereocenters. The van der Waals surface area contributed by atoms with Crippen LogP contribution in [0.15, 0.2) is 18.2 Å². The Morgan fingerprint density at radius 1 is 1.24 bits per heavy atom. The molecule has 0 amide bonds. The third-order valence-electron chi connectivity index (χ3n) is 2.06. The second kappa shape index (κ2) is 7.71. The summed E-state index contributed by atoms with van der Waals surface area (Å²) >= 11 is 16.8. The maximum absolute atomic E-state index is 8.61. The van der Waals surface area contributed by atoms with Gasteiger partial charge in [0, 0.05) is 19.7 Å². The second-order valence-electron chi connectivity index (χ2n) is 3.44. The molecular weight excluding hydrogens is 279 g/mol. The Bertz CT molecular complexity index is 388. The van der Waals surface area contributed by atoms with Crippen LogP contribution in [0.2, 0.25) is 10.0 Å². The van der Waals surface area contributed by atoms with Gasteiger partial charge in [-0.05, 0) is 36.3 Å². The maximum atomic E-state index is 8.61. The van der Waals surface area contributed by atoms with E-state index in [9.17, 15) is 0 Å². The highest BCUT2D eigenvalue weighted by Crippen LogP contribution is 2.22. The Hall–Kier alpha value is -0.550. The van der Waals surface area contributed by atoms with Gasteiger partial charge in [-0.25, -0.2) is 0 Å². The summed E-state index contributed by atoms with van der Waals surface area (Å²) in [4.78, 5) is 0. The minimum absolute atomic E-state index is 0.155. The highest BCUT2D eigenvalue weighted by Gasteiger charge is 2.00. The van der Waals surface area contributed by atoms with E-state index in [-0.39, 0.29) is 6.61 Å². The van der Waals surface area contributed by atoms with E-state index in [0.29, 0.717) is 34.7 Å². The number of hydrogen-bond acceptors (Lipinski definition) is 2. The number of rotatable bonds is 5. The van der Waals surface area contributed by atoms with E-state index in [2.05, 4.69) is 10.6 Å². The van der Waals surface area contributed by atoms with Gasteiger partial charge in [0.1, 0.15) is 0 Å². The highest BCUT2D eigenvalue weighted by atomic mass is 35.5. The smallest absolute Gasteiger partial charge is 0.166 e. The first-order valence-electron chi connectivity index (χ1n) is 5.20. The largest absolute Gasteiger partial charge is 0.396 e. The van der Waals surface area contributed by atoms with Crippen LogP contribution in [-0.2, 0) is 6.54 Å². The van der Waals surface area contributed by atoms with Gasteiger partial charge in [0.15, 0.2) is 5.11 Å². The predicted octanol–water partition coefficient (Wildman–Crippen LogP) is 2.34. The third-order valence-corrected chi connectivity index (χ3v) is 3.09. The molecule has 0 aromatic heterocycles. The molecule has 0 aliphatic heterocycles. The van der Waals surface area contributed by atoms with Crippen molar-refractivity contribution in [3.63, 3.8) is 0 Å². The fraction of sp³-hybridized carbons (Fsp3) is 0.364. The minimum Gasteiger partial charge on any atom is -0.396 e. The molecule has 0 saturated heterocycles. The molecule has 94 valence electrons. The Morgan fingerprint density at radius 3 is 2.65 bits per heavy atom. The van der Waals surface area contributed by atoms with Crippen LogP contribution in [-0.4, -0.2) is 23.4 Å². The fourth-order valence-corrected chi connectivity index (χ4v) is 1.67. The van der Waals surface area contributed by atoms with Crippen molar-refractivity contribution in [2.75, 3.05) is 13.2 Å². The zero-order valence-corrected chi connectivity index (χ0v) is 11.5. The number of aliphatic hydroxyl groups is 1. The van der Waals surface area contributed by atoms with Crippen molar-refractivity contribution in [1.29, 1.82) is 0 Å². The molecule has 0 bridgehead atoms. The molecule has 0 spiro atoms.